The lowest BCUT2D eigenvalue weighted by molar-refractivity contribution is -0.207. The monoisotopic (exact) mass is 433 g/mol. The molecule has 0 saturated carbocycles. The van der Waals surface area contributed by atoms with Crippen LogP contribution in [-0.4, -0.2) is 46.4 Å². The maximum atomic E-state index is 14.1. The summed E-state index contributed by atoms with van der Waals surface area (Å²) in [7, 11) is 0. The van der Waals surface area contributed by atoms with Crippen LogP contribution >= 0.6 is 0 Å². The van der Waals surface area contributed by atoms with Crippen molar-refractivity contribution >= 4 is 0 Å². The van der Waals surface area contributed by atoms with E-state index in [4.69, 9.17) is 5.11 Å². The Balaban J connectivity index is 1.92. The van der Waals surface area contributed by atoms with Gasteiger partial charge < -0.3 is 10.2 Å². The number of hydrogen-bond acceptors (Lipinski definition) is 5. The number of hydrogen-bond donors (Lipinski definition) is 2. The van der Waals surface area contributed by atoms with Crippen LogP contribution in [-0.2, 0) is 13.1 Å². The van der Waals surface area contributed by atoms with Gasteiger partial charge in [0.15, 0.2) is 29.4 Å². The van der Waals surface area contributed by atoms with Crippen molar-refractivity contribution < 1.29 is 32.2 Å². The lowest BCUT2D eigenvalue weighted by Crippen LogP contribution is -2.36. The van der Waals surface area contributed by atoms with Gasteiger partial charge in [0.1, 0.15) is 11.8 Å². The number of rotatable bonds is 6. The fourth-order valence-electron chi connectivity index (χ4n) is 2.69. The van der Waals surface area contributed by atoms with Gasteiger partial charge in [0.2, 0.25) is 0 Å². The molecular formula is C17H16F5N5O3. The van der Waals surface area contributed by atoms with E-state index in [0.717, 1.165) is 27.7 Å². The van der Waals surface area contributed by atoms with Crippen molar-refractivity contribution in [2.75, 3.05) is 0 Å². The molecule has 0 spiro atoms. The predicted octanol–water partition coefficient (Wildman–Crippen LogP) is 1.53. The first-order valence-corrected chi connectivity index (χ1v) is 8.57. The Morgan fingerprint density at radius 1 is 1.13 bits per heavy atom. The van der Waals surface area contributed by atoms with Gasteiger partial charge in [0, 0.05) is 12.4 Å². The molecule has 0 unspecified atom stereocenters. The summed E-state index contributed by atoms with van der Waals surface area (Å²) in [4.78, 5) is 16.3. The van der Waals surface area contributed by atoms with E-state index in [-0.39, 0.29) is 23.9 Å². The van der Waals surface area contributed by atoms with Crippen LogP contribution in [0.4, 0.5) is 22.0 Å². The van der Waals surface area contributed by atoms with Gasteiger partial charge in [-0.2, -0.15) is 13.2 Å². The summed E-state index contributed by atoms with van der Waals surface area (Å²) in [6.45, 7) is 0.00486. The van der Waals surface area contributed by atoms with E-state index in [2.05, 4.69) is 10.1 Å². The fraction of sp³-hybridized carbons (Fsp3) is 0.353. The Bertz CT molecular complexity index is 1100. The van der Waals surface area contributed by atoms with E-state index in [1.54, 1.807) is 0 Å². The zero-order valence-electron chi connectivity index (χ0n) is 15.4. The minimum atomic E-state index is -4.89. The number of benzene rings is 1. The molecule has 3 aromatic rings. The molecule has 30 heavy (non-hydrogen) atoms. The van der Waals surface area contributed by atoms with Crippen LogP contribution in [0.5, 0.6) is 0 Å². The molecule has 0 aliphatic carbocycles. The molecule has 2 heterocycles. The summed E-state index contributed by atoms with van der Waals surface area (Å²) in [6, 6.07) is 3.35. The zero-order chi connectivity index (χ0) is 22.2. The minimum Gasteiger partial charge on any atom is -0.385 e. The Morgan fingerprint density at radius 3 is 2.43 bits per heavy atom. The molecular weight excluding hydrogens is 417 g/mol. The SMILES string of the molecule is C[C@H](O)c1nc(Cn2ccn(C[C@H](O)C(F)(F)F)c2=O)nn1-c1cccc(F)c1F. The van der Waals surface area contributed by atoms with Crippen LogP contribution in [0.15, 0.2) is 35.4 Å². The van der Waals surface area contributed by atoms with Gasteiger partial charge in [-0.05, 0) is 19.1 Å². The molecule has 2 atom stereocenters. The van der Waals surface area contributed by atoms with Crippen molar-refractivity contribution in [1.29, 1.82) is 0 Å². The van der Waals surface area contributed by atoms with Crippen LogP contribution in [0.3, 0.4) is 0 Å². The van der Waals surface area contributed by atoms with Gasteiger partial charge in [-0.1, -0.05) is 6.07 Å². The zero-order valence-corrected chi connectivity index (χ0v) is 15.4. The average Bonchev–Trinajstić information content (AvgIpc) is 3.22. The maximum absolute atomic E-state index is 14.1. The second kappa shape index (κ2) is 7.99. The number of nitrogens with zero attached hydrogens (tertiary/aromatic N) is 5. The molecule has 0 bridgehead atoms. The molecule has 0 radical (unpaired) electrons. The average molecular weight is 433 g/mol. The van der Waals surface area contributed by atoms with Crippen molar-refractivity contribution in [2.24, 2.45) is 0 Å². The summed E-state index contributed by atoms with van der Waals surface area (Å²) < 4.78 is 67.7. The summed E-state index contributed by atoms with van der Waals surface area (Å²) in [5.74, 6) is -2.57. The van der Waals surface area contributed by atoms with Gasteiger partial charge in [-0.25, -0.2) is 23.2 Å². The summed E-state index contributed by atoms with van der Waals surface area (Å²) >= 11 is 0. The van der Waals surface area contributed by atoms with E-state index < -0.39 is 42.3 Å². The fourth-order valence-corrected chi connectivity index (χ4v) is 2.69. The predicted molar refractivity (Wildman–Crippen MR) is 91.8 cm³/mol. The first-order chi connectivity index (χ1) is 14.0. The molecule has 2 aromatic heterocycles. The summed E-state index contributed by atoms with van der Waals surface area (Å²) in [5.41, 5.74) is -1.19. The molecule has 1 aromatic carbocycles. The van der Waals surface area contributed by atoms with E-state index >= 15 is 0 Å². The third-order valence-electron chi connectivity index (χ3n) is 4.19. The van der Waals surface area contributed by atoms with Crippen LogP contribution in [0, 0.1) is 11.6 Å². The van der Waals surface area contributed by atoms with Gasteiger partial charge in [-0.15, -0.1) is 5.10 Å². The van der Waals surface area contributed by atoms with E-state index in [0.29, 0.717) is 4.57 Å². The van der Waals surface area contributed by atoms with E-state index in [1.807, 2.05) is 0 Å². The molecule has 0 fully saturated rings. The molecule has 13 heteroatoms. The molecule has 162 valence electrons. The number of aliphatic hydroxyl groups is 2. The van der Waals surface area contributed by atoms with Crippen LogP contribution in [0.1, 0.15) is 24.7 Å². The van der Waals surface area contributed by atoms with Crippen LogP contribution < -0.4 is 5.69 Å². The largest absolute Gasteiger partial charge is 0.416 e. The van der Waals surface area contributed by atoms with Crippen molar-refractivity contribution in [3.63, 3.8) is 0 Å². The number of aliphatic hydroxyl groups excluding tert-OH is 2. The standard InChI is InChI=1S/C17H16F5N5O3/c1-9(28)15-23-13(24-27(15)11-4-2-3-10(18)14(11)19)8-26-6-5-25(16(26)30)7-12(29)17(20,21)22/h2-6,9,12,28-29H,7-8H2,1H3/t9-,12-/m0/s1. The van der Waals surface area contributed by atoms with E-state index in [1.165, 1.54) is 19.1 Å². The van der Waals surface area contributed by atoms with Gasteiger partial charge >= 0.3 is 11.9 Å². The number of halogens is 5. The molecule has 0 aliphatic rings. The summed E-state index contributed by atoms with van der Waals surface area (Å²) in [5, 5.41) is 23.0. The van der Waals surface area contributed by atoms with Crippen molar-refractivity contribution in [3.05, 3.63) is 64.4 Å². The summed E-state index contributed by atoms with van der Waals surface area (Å²) in [6.07, 6.45) is -6.62. The van der Waals surface area contributed by atoms with Crippen LogP contribution in [0.2, 0.25) is 0 Å². The first-order valence-electron chi connectivity index (χ1n) is 8.57. The Labute approximate surface area is 165 Å². The number of aromatic nitrogens is 5. The number of alkyl halides is 3. The van der Waals surface area contributed by atoms with Crippen LogP contribution in [0.25, 0.3) is 5.69 Å². The third kappa shape index (κ3) is 4.26. The van der Waals surface area contributed by atoms with Gasteiger partial charge in [0.25, 0.3) is 0 Å². The molecule has 8 nitrogen and oxygen atoms in total. The third-order valence-corrected chi connectivity index (χ3v) is 4.19. The van der Waals surface area contributed by atoms with Crippen molar-refractivity contribution in [1.82, 2.24) is 23.9 Å². The van der Waals surface area contributed by atoms with E-state index in [9.17, 15) is 31.9 Å². The first kappa shape index (κ1) is 21.6. The molecule has 2 N–H and O–H groups in total. The quantitative estimate of drug-likeness (QED) is 0.575. The lowest BCUT2D eigenvalue weighted by atomic mass is 10.3. The highest BCUT2D eigenvalue weighted by molar-refractivity contribution is 5.34. The second-order valence-corrected chi connectivity index (χ2v) is 6.47. The Morgan fingerprint density at radius 2 is 1.80 bits per heavy atom. The second-order valence-electron chi connectivity index (χ2n) is 6.47. The maximum Gasteiger partial charge on any atom is 0.416 e. The molecule has 0 amide bonds. The smallest absolute Gasteiger partial charge is 0.385 e. The van der Waals surface area contributed by atoms with Gasteiger partial charge in [0.05, 0.1) is 13.1 Å². The normalized spacial score (nSPS) is 14.1. The van der Waals surface area contributed by atoms with Crippen molar-refractivity contribution in [2.45, 2.75) is 38.4 Å². The highest BCUT2D eigenvalue weighted by atomic mass is 19.4. The molecule has 0 aliphatic heterocycles. The highest BCUT2D eigenvalue weighted by Crippen LogP contribution is 2.22. The highest BCUT2D eigenvalue weighted by Gasteiger charge is 2.38. The Hall–Kier alpha value is -3.06. The van der Waals surface area contributed by atoms with Crippen molar-refractivity contribution in [3.8, 4) is 5.69 Å². The lowest BCUT2D eigenvalue weighted by Gasteiger charge is -2.14. The minimum absolute atomic E-state index is 0.0780. The molecule has 0 saturated heterocycles. The number of imidazole rings is 1. The Kier molecular flexibility index (Phi) is 5.76. The van der Waals surface area contributed by atoms with Gasteiger partial charge in [-0.3, -0.25) is 9.13 Å². The molecule has 3 rings (SSSR count). The topological polar surface area (TPSA) is 98.1 Å².